The fraction of sp³-hybridized carbons (Fsp3) is 0.500. The van der Waals surface area contributed by atoms with Crippen LogP contribution < -0.4 is 0 Å². The van der Waals surface area contributed by atoms with E-state index in [0.717, 1.165) is 0 Å². The van der Waals surface area contributed by atoms with Gasteiger partial charge in [0.15, 0.2) is 0 Å². The first-order valence-electron chi connectivity index (χ1n) is 5.29. The van der Waals surface area contributed by atoms with Crippen molar-refractivity contribution in [3.63, 3.8) is 0 Å². The molecule has 94 valence electrons. The standard InChI is InChI=1S/C12H17NO4/c1-12(2,3)17-11(15)13-7-5-6-9(8-13)10(14)16-4/h5-7H,8H2,1-4H3. The number of hydrogen-bond acceptors (Lipinski definition) is 4. The zero-order valence-electron chi connectivity index (χ0n) is 10.5. The minimum absolute atomic E-state index is 0.165. The van der Waals surface area contributed by atoms with E-state index in [1.54, 1.807) is 39.1 Å². The second-order valence-corrected chi connectivity index (χ2v) is 4.63. The fourth-order valence-electron chi connectivity index (χ4n) is 1.26. The number of ether oxygens (including phenoxy) is 2. The molecule has 1 rings (SSSR count). The number of hydrogen-bond donors (Lipinski definition) is 0. The third-order valence-electron chi connectivity index (χ3n) is 1.98. The smallest absolute Gasteiger partial charge is 0.414 e. The zero-order valence-corrected chi connectivity index (χ0v) is 10.5. The summed E-state index contributed by atoms with van der Waals surface area (Å²) in [6, 6.07) is 0. The van der Waals surface area contributed by atoms with Crippen LogP contribution >= 0.6 is 0 Å². The Morgan fingerprint density at radius 3 is 2.53 bits per heavy atom. The third-order valence-corrected chi connectivity index (χ3v) is 1.98. The van der Waals surface area contributed by atoms with Gasteiger partial charge in [-0.05, 0) is 32.9 Å². The second kappa shape index (κ2) is 5.03. The van der Waals surface area contributed by atoms with Gasteiger partial charge in [0.2, 0.25) is 0 Å². The summed E-state index contributed by atoms with van der Waals surface area (Å²) in [5, 5.41) is 0. The maximum absolute atomic E-state index is 11.7. The van der Waals surface area contributed by atoms with Crippen molar-refractivity contribution in [3.05, 3.63) is 23.9 Å². The van der Waals surface area contributed by atoms with Crippen LogP contribution in [0.15, 0.2) is 23.9 Å². The van der Waals surface area contributed by atoms with Gasteiger partial charge in [0.1, 0.15) is 5.60 Å². The minimum Gasteiger partial charge on any atom is -0.466 e. The molecule has 0 bridgehead atoms. The number of esters is 1. The summed E-state index contributed by atoms with van der Waals surface area (Å²) in [7, 11) is 1.30. The molecule has 0 aromatic carbocycles. The van der Waals surface area contributed by atoms with Crippen molar-refractivity contribution in [2.24, 2.45) is 0 Å². The Bertz CT molecular complexity index is 376. The summed E-state index contributed by atoms with van der Waals surface area (Å²) in [5.41, 5.74) is -0.141. The van der Waals surface area contributed by atoms with E-state index in [0.29, 0.717) is 5.57 Å². The molecule has 1 aliphatic heterocycles. The lowest BCUT2D eigenvalue weighted by Gasteiger charge is -2.26. The summed E-state index contributed by atoms with van der Waals surface area (Å²) in [6.07, 6.45) is 4.32. The van der Waals surface area contributed by atoms with Crippen LogP contribution in [0.1, 0.15) is 20.8 Å². The van der Waals surface area contributed by atoms with E-state index >= 15 is 0 Å². The van der Waals surface area contributed by atoms with Gasteiger partial charge >= 0.3 is 12.1 Å². The molecule has 1 heterocycles. The Morgan fingerprint density at radius 1 is 1.35 bits per heavy atom. The molecule has 1 aliphatic rings. The molecular formula is C12H17NO4. The van der Waals surface area contributed by atoms with Gasteiger partial charge in [-0.3, -0.25) is 4.90 Å². The molecule has 0 saturated carbocycles. The van der Waals surface area contributed by atoms with Crippen molar-refractivity contribution in [1.29, 1.82) is 0 Å². The van der Waals surface area contributed by atoms with Gasteiger partial charge in [-0.15, -0.1) is 0 Å². The molecule has 0 spiro atoms. The van der Waals surface area contributed by atoms with E-state index in [1.165, 1.54) is 12.0 Å². The number of allylic oxidation sites excluding steroid dienone is 2. The highest BCUT2D eigenvalue weighted by Gasteiger charge is 2.24. The van der Waals surface area contributed by atoms with Crippen molar-refractivity contribution in [2.75, 3.05) is 13.7 Å². The second-order valence-electron chi connectivity index (χ2n) is 4.63. The van der Waals surface area contributed by atoms with Crippen molar-refractivity contribution in [1.82, 2.24) is 4.90 Å². The van der Waals surface area contributed by atoms with E-state index < -0.39 is 17.7 Å². The Morgan fingerprint density at radius 2 is 2.00 bits per heavy atom. The molecule has 5 heteroatoms. The quantitative estimate of drug-likeness (QED) is 0.655. The first-order chi connectivity index (χ1) is 7.83. The Hall–Kier alpha value is -1.78. The van der Waals surface area contributed by atoms with Crippen LogP contribution in [0.3, 0.4) is 0 Å². The number of rotatable bonds is 1. The van der Waals surface area contributed by atoms with Gasteiger partial charge < -0.3 is 9.47 Å². The molecule has 0 unspecified atom stereocenters. The van der Waals surface area contributed by atoms with Crippen molar-refractivity contribution >= 4 is 12.1 Å². The topological polar surface area (TPSA) is 55.8 Å². The Labute approximate surface area is 101 Å². The minimum atomic E-state index is -0.558. The maximum Gasteiger partial charge on any atom is 0.414 e. The predicted molar refractivity (Wildman–Crippen MR) is 62.2 cm³/mol. The van der Waals surface area contributed by atoms with Crippen LogP contribution in [-0.2, 0) is 14.3 Å². The van der Waals surface area contributed by atoms with Crippen LogP contribution in [0, 0.1) is 0 Å². The van der Waals surface area contributed by atoms with Crippen molar-refractivity contribution < 1.29 is 19.1 Å². The van der Waals surface area contributed by atoms with Crippen LogP contribution in [0.25, 0.3) is 0 Å². The maximum atomic E-state index is 11.7. The summed E-state index contributed by atoms with van der Waals surface area (Å²) in [4.78, 5) is 24.4. The normalized spacial score (nSPS) is 15.3. The molecule has 0 N–H and O–H groups in total. The summed E-state index contributed by atoms with van der Waals surface area (Å²) in [5.74, 6) is -0.442. The zero-order chi connectivity index (χ0) is 13.1. The van der Waals surface area contributed by atoms with Gasteiger partial charge in [0.05, 0.1) is 19.2 Å². The summed E-state index contributed by atoms with van der Waals surface area (Å²) in [6.45, 7) is 5.53. The Balaban J connectivity index is 2.66. The first kappa shape index (κ1) is 13.3. The average Bonchev–Trinajstić information content (AvgIpc) is 2.26. The largest absolute Gasteiger partial charge is 0.466 e. The molecule has 0 aromatic heterocycles. The van der Waals surface area contributed by atoms with E-state index in [1.807, 2.05) is 0 Å². The van der Waals surface area contributed by atoms with E-state index in [9.17, 15) is 9.59 Å². The fourth-order valence-corrected chi connectivity index (χ4v) is 1.26. The van der Waals surface area contributed by atoms with Gasteiger partial charge in [-0.2, -0.15) is 0 Å². The molecule has 0 saturated heterocycles. The molecule has 17 heavy (non-hydrogen) atoms. The molecule has 5 nitrogen and oxygen atoms in total. The lowest BCUT2D eigenvalue weighted by molar-refractivity contribution is -0.136. The predicted octanol–water partition coefficient (Wildman–Crippen LogP) is 1.85. The molecule has 0 aliphatic carbocycles. The highest BCUT2D eigenvalue weighted by atomic mass is 16.6. The van der Waals surface area contributed by atoms with Crippen molar-refractivity contribution in [2.45, 2.75) is 26.4 Å². The van der Waals surface area contributed by atoms with Crippen LogP contribution in [0.5, 0.6) is 0 Å². The first-order valence-corrected chi connectivity index (χ1v) is 5.29. The lowest BCUT2D eigenvalue weighted by atomic mass is 10.2. The lowest BCUT2D eigenvalue weighted by Crippen LogP contribution is -2.36. The van der Waals surface area contributed by atoms with Crippen LogP contribution in [0.2, 0.25) is 0 Å². The van der Waals surface area contributed by atoms with Gasteiger partial charge in [-0.1, -0.05) is 0 Å². The molecule has 0 atom stereocenters. The highest BCUT2D eigenvalue weighted by Crippen LogP contribution is 2.14. The summed E-state index contributed by atoms with van der Waals surface area (Å²) >= 11 is 0. The number of nitrogens with zero attached hydrogens (tertiary/aromatic N) is 1. The van der Waals surface area contributed by atoms with Gasteiger partial charge in [0.25, 0.3) is 0 Å². The summed E-state index contributed by atoms with van der Waals surface area (Å²) < 4.78 is 9.79. The SMILES string of the molecule is COC(=O)C1=CC=CN(C(=O)OC(C)(C)C)C1. The van der Waals surface area contributed by atoms with E-state index in [-0.39, 0.29) is 6.54 Å². The van der Waals surface area contributed by atoms with E-state index in [4.69, 9.17) is 4.74 Å². The molecule has 0 radical (unpaired) electrons. The number of methoxy groups -OCH3 is 1. The molecule has 0 aromatic rings. The van der Waals surface area contributed by atoms with Crippen LogP contribution in [0.4, 0.5) is 4.79 Å². The monoisotopic (exact) mass is 239 g/mol. The number of amides is 1. The third kappa shape index (κ3) is 3.94. The van der Waals surface area contributed by atoms with Crippen molar-refractivity contribution in [3.8, 4) is 0 Å². The van der Waals surface area contributed by atoms with Crippen LogP contribution in [-0.4, -0.2) is 36.2 Å². The van der Waals surface area contributed by atoms with E-state index in [2.05, 4.69) is 4.74 Å². The number of carbonyl (C=O) groups is 2. The van der Waals surface area contributed by atoms with Gasteiger partial charge in [-0.25, -0.2) is 9.59 Å². The Kier molecular flexibility index (Phi) is 3.93. The average molecular weight is 239 g/mol. The highest BCUT2D eigenvalue weighted by molar-refractivity contribution is 5.90. The molecule has 0 fully saturated rings. The van der Waals surface area contributed by atoms with Gasteiger partial charge in [0, 0.05) is 6.20 Å². The molecular weight excluding hydrogens is 222 g/mol. The molecule has 1 amide bonds. The number of carbonyl (C=O) groups excluding carboxylic acids is 2.